The zero-order chi connectivity index (χ0) is 21.1. The molecular formula is C21H30N4O3S. The molecule has 1 unspecified atom stereocenters. The lowest BCUT2D eigenvalue weighted by atomic mass is 10.2. The summed E-state index contributed by atoms with van der Waals surface area (Å²) < 4.78 is 28.4. The van der Waals surface area contributed by atoms with Gasteiger partial charge in [-0.2, -0.15) is 0 Å². The van der Waals surface area contributed by atoms with Gasteiger partial charge in [0.05, 0.1) is 24.7 Å². The fourth-order valence-electron chi connectivity index (χ4n) is 2.58. The van der Waals surface area contributed by atoms with E-state index in [1.807, 2.05) is 37.3 Å². The summed E-state index contributed by atoms with van der Waals surface area (Å²) >= 11 is 0. The van der Waals surface area contributed by atoms with Gasteiger partial charge in [-0.1, -0.05) is 49.4 Å². The van der Waals surface area contributed by atoms with Gasteiger partial charge in [-0.15, -0.1) is 0 Å². The number of nitrogens with two attached hydrogens (primary N) is 1. The van der Waals surface area contributed by atoms with Crippen molar-refractivity contribution in [3.05, 3.63) is 65.7 Å². The van der Waals surface area contributed by atoms with E-state index < -0.39 is 10.0 Å². The van der Waals surface area contributed by atoms with Crippen LogP contribution in [-0.2, 0) is 27.9 Å². The van der Waals surface area contributed by atoms with E-state index in [-0.39, 0.29) is 4.90 Å². The molecule has 2 aromatic carbocycles. The molecule has 2 rings (SSSR count). The molecule has 8 heteroatoms. The molecule has 0 aliphatic heterocycles. The molecule has 0 fully saturated rings. The second-order valence-corrected chi connectivity index (χ2v) is 8.43. The van der Waals surface area contributed by atoms with Gasteiger partial charge in [0.25, 0.3) is 0 Å². The Morgan fingerprint density at radius 1 is 1.07 bits per heavy atom. The van der Waals surface area contributed by atoms with Crippen LogP contribution in [0.4, 0.5) is 0 Å². The lowest BCUT2D eigenvalue weighted by Gasteiger charge is -2.16. The first kappa shape index (κ1) is 22.9. The second-order valence-electron chi connectivity index (χ2n) is 6.87. The van der Waals surface area contributed by atoms with Crippen LogP contribution < -0.4 is 15.8 Å². The number of guanidine groups is 1. The summed E-state index contributed by atoms with van der Waals surface area (Å²) in [4.78, 5) is 4.65. The number of rotatable bonds is 10. The number of hydrogen-bond donors (Lipinski definition) is 3. The third kappa shape index (κ3) is 8.64. The van der Waals surface area contributed by atoms with Crippen molar-refractivity contribution in [2.24, 2.45) is 16.0 Å². The maximum absolute atomic E-state index is 11.3. The standard InChI is InChI=1S/C21H30N4O3S/c1-3-23-21(25-14-18-9-11-20(12-10-18)29(22,26)27)24-13-17(2)15-28-16-19-7-5-4-6-8-19/h4-12,17H,3,13-16H2,1-2H3,(H2,22,26,27)(H2,23,24,25). The quantitative estimate of drug-likeness (QED) is 0.405. The van der Waals surface area contributed by atoms with Crippen LogP contribution >= 0.6 is 0 Å². The normalized spacial score (nSPS) is 13.1. The predicted octanol–water partition coefficient (Wildman–Crippen LogP) is 2.24. The van der Waals surface area contributed by atoms with Gasteiger partial charge in [0.1, 0.15) is 0 Å². The lowest BCUT2D eigenvalue weighted by molar-refractivity contribution is 0.0931. The first-order valence-electron chi connectivity index (χ1n) is 9.64. The summed E-state index contributed by atoms with van der Waals surface area (Å²) in [6.45, 7) is 7.28. The maximum atomic E-state index is 11.3. The first-order valence-corrected chi connectivity index (χ1v) is 11.2. The number of aliphatic imine (C=N–C) groups is 1. The molecule has 158 valence electrons. The van der Waals surface area contributed by atoms with Crippen LogP contribution in [0, 0.1) is 5.92 Å². The Morgan fingerprint density at radius 3 is 2.38 bits per heavy atom. The summed E-state index contributed by atoms with van der Waals surface area (Å²) in [5, 5.41) is 11.6. The van der Waals surface area contributed by atoms with E-state index in [4.69, 9.17) is 9.88 Å². The molecule has 4 N–H and O–H groups in total. The van der Waals surface area contributed by atoms with Gasteiger partial charge in [-0.3, -0.25) is 0 Å². The highest BCUT2D eigenvalue weighted by Gasteiger charge is 2.07. The van der Waals surface area contributed by atoms with Crippen molar-refractivity contribution in [3.8, 4) is 0 Å². The molecule has 0 aromatic heterocycles. The van der Waals surface area contributed by atoms with Gasteiger partial charge in [0.2, 0.25) is 10.0 Å². The van der Waals surface area contributed by atoms with E-state index in [1.165, 1.54) is 12.1 Å². The molecule has 0 aliphatic carbocycles. The molecule has 0 bridgehead atoms. The summed E-state index contributed by atoms with van der Waals surface area (Å²) in [5.74, 6) is 1.02. The van der Waals surface area contributed by atoms with E-state index in [1.54, 1.807) is 12.1 Å². The van der Waals surface area contributed by atoms with Crippen LogP contribution in [0.3, 0.4) is 0 Å². The van der Waals surface area contributed by atoms with E-state index in [9.17, 15) is 8.42 Å². The zero-order valence-corrected chi connectivity index (χ0v) is 17.8. The van der Waals surface area contributed by atoms with Crippen LogP contribution in [0.25, 0.3) is 0 Å². The topological polar surface area (TPSA) is 106 Å². The van der Waals surface area contributed by atoms with Gasteiger partial charge < -0.3 is 15.4 Å². The third-order valence-corrected chi connectivity index (χ3v) is 5.08. The van der Waals surface area contributed by atoms with Gasteiger partial charge >= 0.3 is 0 Å². The van der Waals surface area contributed by atoms with Crippen molar-refractivity contribution in [2.75, 3.05) is 19.7 Å². The predicted molar refractivity (Wildman–Crippen MR) is 116 cm³/mol. The average molecular weight is 419 g/mol. The Bertz CT molecular complexity index is 869. The van der Waals surface area contributed by atoms with Crippen LogP contribution in [0.15, 0.2) is 64.5 Å². The molecule has 0 radical (unpaired) electrons. The lowest BCUT2D eigenvalue weighted by Crippen LogP contribution is -2.40. The van der Waals surface area contributed by atoms with Gasteiger partial charge in [0, 0.05) is 13.1 Å². The summed E-state index contributed by atoms with van der Waals surface area (Å²) in [7, 11) is -3.68. The van der Waals surface area contributed by atoms with Crippen LogP contribution in [0.2, 0.25) is 0 Å². The molecule has 0 aliphatic rings. The largest absolute Gasteiger partial charge is 0.376 e. The number of nitrogens with zero attached hydrogens (tertiary/aromatic N) is 1. The maximum Gasteiger partial charge on any atom is 0.238 e. The number of sulfonamides is 1. The number of nitrogens with one attached hydrogen (secondary N) is 2. The molecule has 29 heavy (non-hydrogen) atoms. The van der Waals surface area contributed by atoms with E-state index in [0.717, 1.165) is 24.2 Å². The van der Waals surface area contributed by atoms with E-state index in [2.05, 4.69) is 22.5 Å². The van der Waals surface area contributed by atoms with Gasteiger partial charge in [0.15, 0.2) is 5.96 Å². The van der Waals surface area contributed by atoms with Crippen molar-refractivity contribution in [2.45, 2.75) is 31.9 Å². The SMILES string of the molecule is CCNC(=NCc1ccc(S(N)(=O)=O)cc1)NCC(C)COCc1ccccc1. The molecule has 2 aromatic rings. The summed E-state index contributed by atoms with van der Waals surface area (Å²) in [6.07, 6.45) is 0. The van der Waals surface area contributed by atoms with Crippen molar-refractivity contribution in [1.82, 2.24) is 10.6 Å². The molecule has 0 saturated carbocycles. The molecule has 0 spiro atoms. The van der Waals surface area contributed by atoms with Gasteiger partial charge in [-0.25, -0.2) is 18.5 Å². The number of benzene rings is 2. The van der Waals surface area contributed by atoms with E-state index >= 15 is 0 Å². The second kappa shape index (κ2) is 11.5. The molecule has 1 atom stereocenters. The van der Waals surface area contributed by atoms with Crippen LogP contribution in [0.1, 0.15) is 25.0 Å². The Kier molecular flexibility index (Phi) is 9.11. The van der Waals surface area contributed by atoms with Crippen LogP contribution in [0.5, 0.6) is 0 Å². The minimum atomic E-state index is -3.68. The molecule has 7 nitrogen and oxygen atoms in total. The van der Waals surface area contributed by atoms with E-state index in [0.29, 0.717) is 31.6 Å². The van der Waals surface area contributed by atoms with Gasteiger partial charge in [-0.05, 0) is 36.1 Å². The Balaban J connectivity index is 1.80. The van der Waals surface area contributed by atoms with Crippen molar-refractivity contribution in [3.63, 3.8) is 0 Å². The fraction of sp³-hybridized carbons (Fsp3) is 0.381. The van der Waals surface area contributed by atoms with Crippen LogP contribution in [-0.4, -0.2) is 34.1 Å². The van der Waals surface area contributed by atoms with Crippen molar-refractivity contribution in [1.29, 1.82) is 0 Å². The Labute approximate surface area is 173 Å². The summed E-state index contributed by atoms with van der Waals surface area (Å²) in [6, 6.07) is 16.5. The minimum Gasteiger partial charge on any atom is -0.376 e. The Hall–Kier alpha value is -2.42. The van der Waals surface area contributed by atoms with Crippen molar-refractivity contribution >= 4 is 16.0 Å². The summed E-state index contributed by atoms with van der Waals surface area (Å²) in [5.41, 5.74) is 2.06. The molecule has 0 heterocycles. The molecule has 0 saturated heterocycles. The minimum absolute atomic E-state index is 0.0968. The smallest absolute Gasteiger partial charge is 0.238 e. The highest BCUT2D eigenvalue weighted by molar-refractivity contribution is 7.89. The number of hydrogen-bond acceptors (Lipinski definition) is 4. The molecular weight excluding hydrogens is 388 g/mol. The third-order valence-electron chi connectivity index (χ3n) is 4.15. The zero-order valence-electron chi connectivity index (χ0n) is 17.0. The monoisotopic (exact) mass is 418 g/mol. The number of primary sulfonamides is 1. The Morgan fingerprint density at radius 2 is 1.76 bits per heavy atom. The fourth-order valence-corrected chi connectivity index (χ4v) is 3.09. The average Bonchev–Trinajstić information content (AvgIpc) is 2.70. The first-order chi connectivity index (χ1) is 13.9. The molecule has 0 amide bonds. The number of ether oxygens (including phenoxy) is 1. The highest BCUT2D eigenvalue weighted by atomic mass is 32.2. The highest BCUT2D eigenvalue weighted by Crippen LogP contribution is 2.09. The van der Waals surface area contributed by atoms with Crippen molar-refractivity contribution < 1.29 is 13.2 Å².